The predicted molar refractivity (Wildman–Crippen MR) is 69.6 cm³/mol. The summed E-state index contributed by atoms with van der Waals surface area (Å²) in [6.07, 6.45) is 2.46. The lowest BCUT2D eigenvalue weighted by atomic mass is 10.2. The summed E-state index contributed by atoms with van der Waals surface area (Å²) in [5, 5.41) is 0. The van der Waals surface area contributed by atoms with E-state index in [4.69, 9.17) is 0 Å². The minimum absolute atomic E-state index is 0.531. The van der Waals surface area contributed by atoms with Gasteiger partial charge in [0.05, 0.1) is 5.69 Å². The molecule has 0 amide bonds. The zero-order valence-corrected chi connectivity index (χ0v) is 11.6. The summed E-state index contributed by atoms with van der Waals surface area (Å²) >= 11 is 4.37. The fourth-order valence-corrected chi connectivity index (χ4v) is 1.76. The smallest absolute Gasteiger partial charge is 0.268 e. The van der Waals surface area contributed by atoms with Crippen LogP contribution in [-0.4, -0.2) is 9.55 Å². The number of alkyl halides is 3. The van der Waals surface area contributed by atoms with Gasteiger partial charge >= 0.3 is 4.05 Å². The number of imidazole rings is 1. The Balaban J connectivity index is 2.35. The minimum Gasteiger partial charge on any atom is -0.268 e. The lowest BCUT2D eigenvalue weighted by molar-refractivity contribution is 0.0460. The van der Waals surface area contributed by atoms with Crippen LogP contribution in [0, 0.1) is 0 Å². The van der Waals surface area contributed by atoms with Gasteiger partial charge in [-0.25, -0.2) is 4.98 Å². The third kappa shape index (κ3) is 2.60. The molecule has 84 valence electrons. The summed E-state index contributed by atoms with van der Waals surface area (Å²) in [6.45, 7) is 0. The Morgan fingerprint density at radius 3 is 2.38 bits per heavy atom. The van der Waals surface area contributed by atoms with E-state index in [1.807, 2.05) is 24.3 Å². The van der Waals surface area contributed by atoms with Crippen molar-refractivity contribution < 1.29 is 8.78 Å². The minimum atomic E-state index is -2.95. The van der Waals surface area contributed by atoms with Crippen molar-refractivity contribution in [2.24, 2.45) is 0 Å². The Labute approximate surface area is 113 Å². The van der Waals surface area contributed by atoms with E-state index in [1.165, 1.54) is 6.20 Å². The van der Waals surface area contributed by atoms with Gasteiger partial charge in [0.15, 0.2) is 0 Å². The van der Waals surface area contributed by atoms with Gasteiger partial charge in [-0.3, -0.25) is 4.57 Å². The molecule has 0 saturated heterocycles. The second-order valence-electron chi connectivity index (χ2n) is 3.14. The van der Waals surface area contributed by atoms with Crippen LogP contribution in [0.5, 0.6) is 0 Å². The number of hydrogen-bond acceptors (Lipinski definition) is 1. The number of benzene rings is 1. The number of nitrogens with zero attached hydrogens (tertiary/aromatic N) is 2. The van der Waals surface area contributed by atoms with E-state index in [2.05, 4.69) is 20.9 Å². The van der Waals surface area contributed by atoms with E-state index >= 15 is 0 Å². The topological polar surface area (TPSA) is 17.8 Å². The molecular formula is C10H6BrF2IN2. The Kier molecular flexibility index (Phi) is 3.29. The maximum Gasteiger partial charge on any atom is 0.381 e. The molecule has 2 nitrogen and oxygen atoms in total. The van der Waals surface area contributed by atoms with Crippen molar-refractivity contribution in [1.29, 1.82) is 0 Å². The maximum absolute atomic E-state index is 12.9. The average Bonchev–Trinajstić information content (AvgIpc) is 2.67. The van der Waals surface area contributed by atoms with Crippen molar-refractivity contribution in [3.05, 3.63) is 41.3 Å². The van der Waals surface area contributed by atoms with Crippen LogP contribution in [0.2, 0.25) is 0 Å². The second-order valence-corrected chi connectivity index (χ2v) is 5.35. The molecule has 1 aromatic heterocycles. The highest BCUT2D eigenvalue weighted by atomic mass is 127. The van der Waals surface area contributed by atoms with Crippen LogP contribution in [-0.2, 0) is 4.05 Å². The fourth-order valence-electron chi connectivity index (χ4n) is 1.23. The second kappa shape index (κ2) is 4.40. The zero-order chi connectivity index (χ0) is 11.8. The van der Waals surface area contributed by atoms with Gasteiger partial charge in [0.2, 0.25) is 0 Å². The molecule has 0 aliphatic carbocycles. The van der Waals surface area contributed by atoms with E-state index in [9.17, 15) is 8.78 Å². The van der Waals surface area contributed by atoms with E-state index in [-0.39, 0.29) is 0 Å². The first-order valence-electron chi connectivity index (χ1n) is 4.34. The van der Waals surface area contributed by atoms with E-state index in [0.717, 1.165) is 43.5 Å². The average molecular weight is 399 g/mol. The first-order chi connectivity index (χ1) is 7.47. The van der Waals surface area contributed by atoms with Crippen LogP contribution in [0.25, 0.3) is 11.3 Å². The third-order valence-electron chi connectivity index (χ3n) is 2.02. The van der Waals surface area contributed by atoms with Gasteiger partial charge in [0.25, 0.3) is 0 Å². The van der Waals surface area contributed by atoms with Gasteiger partial charge in [-0.05, 0) is 12.1 Å². The first-order valence-corrected chi connectivity index (χ1v) is 6.21. The Morgan fingerprint density at radius 1 is 1.25 bits per heavy atom. The highest BCUT2D eigenvalue weighted by Gasteiger charge is 2.26. The summed E-state index contributed by atoms with van der Waals surface area (Å²) < 4.78 is 24.7. The summed E-state index contributed by atoms with van der Waals surface area (Å²) in [5.41, 5.74) is 1.34. The number of rotatable bonds is 2. The Morgan fingerprint density at radius 2 is 1.88 bits per heavy atom. The van der Waals surface area contributed by atoms with Crippen LogP contribution in [0.15, 0.2) is 41.3 Å². The lowest BCUT2D eigenvalue weighted by Crippen LogP contribution is -2.11. The monoisotopic (exact) mass is 398 g/mol. The van der Waals surface area contributed by atoms with Crippen molar-refractivity contribution >= 4 is 38.5 Å². The molecule has 1 heterocycles. The van der Waals surface area contributed by atoms with Crippen LogP contribution >= 0.6 is 38.5 Å². The normalized spacial score (nSPS) is 11.8. The van der Waals surface area contributed by atoms with Crippen molar-refractivity contribution in [2.45, 2.75) is 4.05 Å². The third-order valence-corrected chi connectivity index (χ3v) is 3.10. The lowest BCUT2D eigenvalue weighted by Gasteiger charge is -2.07. The Hall–Kier alpha value is -0.500. The molecule has 1 aromatic carbocycles. The van der Waals surface area contributed by atoms with Gasteiger partial charge in [0, 0.05) is 38.8 Å². The molecule has 0 atom stereocenters. The summed E-state index contributed by atoms with van der Waals surface area (Å²) in [6, 6.07) is 7.33. The largest absolute Gasteiger partial charge is 0.381 e. The molecule has 6 heteroatoms. The van der Waals surface area contributed by atoms with Crippen LogP contribution in [0.4, 0.5) is 8.78 Å². The van der Waals surface area contributed by atoms with Gasteiger partial charge in [-0.15, -0.1) is 0 Å². The molecule has 0 aliphatic rings. The van der Waals surface area contributed by atoms with E-state index in [0.29, 0.717) is 5.69 Å². The molecule has 0 N–H and O–H groups in total. The number of hydrogen-bond donors (Lipinski definition) is 0. The van der Waals surface area contributed by atoms with Crippen LogP contribution in [0.1, 0.15) is 0 Å². The highest BCUT2D eigenvalue weighted by Crippen LogP contribution is 2.30. The summed E-state index contributed by atoms with van der Waals surface area (Å²) in [7, 11) is 0. The molecule has 2 rings (SSSR count). The van der Waals surface area contributed by atoms with Crippen molar-refractivity contribution in [3.8, 4) is 11.3 Å². The van der Waals surface area contributed by atoms with Crippen LogP contribution < -0.4 is 0 Å². The maximum atomic E-state index is 12.9. The molecule has 0 radical (unpaired) electrons. The fraction of sp³-hybridized carbons (Fsp3) is 0.100. The van der Waals surface area contributed by atoms with Crippen molar-refractivity contribution in [3.63, 3.8) is 0 Å². The number of halogens is 4. The molecule has 0 fully saturated rings. The summed E-state index contributed by atoms with van der Waals surface area (Å²) in [4.78, 5) is 3.95. The molecular weight excluding hydrogens is 393 g/mol. The SMILES string of the molecule is FC(F)(I)n1cnc(-c2ccc(Br)cc2)c1. The molecule has 0 aliphatic heterocycles. The zero-order valence-electron chi connectivity index (χ0n) is 7.87. The standard InChI is InChI=1S/C10H6BrF2IN2/c11-8-3-1-7(2-4-8)9-5-16(6-15-9)10(12,13)14/h1-6H. The Bertz CT molecular complexity index is 490. The molecule has 0 unspecified atom stereocenters. The predicted octanol–water partition coefficient (Wildman–Crippen LogP) is 4.25. The highest BCUT2D eigenvalue weighted by molar-refractivity contribution is 14.1. The molecule has 0 bridgehead atoms. The molecule has 0 saturated carbocycles. The van der Waals surface area contributed by atoms with Gasteiger partial charge in [-0.1, -0.05) is 28.1 Å². The van der Waals surface area contributed by atoms with Gasteiger partial charge < -0.3 is 0 Å². The van der Waals surface area contributed by atoms with Gasteiger partial charge in [-0.2, -0.15) is 8.78 Å². The number of aromatic nitrogens is 2. The molecule has 2 aromatic rings. The van der Waals surface area contributed by atoms with Crippen molar-refractivity contribution in [2.75, 3.05) is 0 Å². The van der Waals surface area contributed by atoms with E-state index < -0.39 is 4.05 Å². The van der Waals surface area contributed by atoms with Crippen LogP contribution in [0.3, 0.4) is 0 Å². The quantitative estimate of drug-likeness (QED) is 0.546. The molecule has 0 spiro atoms. The van der Waals surface area contributed by atoms with Gasteiger partial charge in [0.1, 0.15) is 6.33 Å². The first kappa shape index (κ1) is 12.0. The summed E-state index contributed by atoms with van der Waals surface area (Å²) in [5.74, 6) is 0. The van der Waals surface area contributed by atoms with Crippen molar-refractivity contribution in [1.82, 2.24) is 9.55 Å². The van der Waals surface area contributed by atoms with E-state index in [1.54, 1.807) is 0 Å². The molecule has 16 heavy (non-hydrogen) atoms.